The molecule has 222 valence electrons. The average molecular weight is 826 g/mol. The van der Waals surface area contributed by atoms with E-state index in [4.69, 9.17) is 9.47 Å². The molecule has 1 aliphatic rings. The van der Waals surface area contributed by atoms with Crippen LogP contribution in [0.2, 0.25) is 0 Å². The summed E-state index contributed by atoms with van der Waals surface area (Å²) < 4.78 is 15.7. The van der Waals surface area contributed by atoms with E-state index in [0.717, 1.165) is 35.1 Å². The molecular formula is C35H28I2N2O4S. The molecule has 0 saturated heterocycles. The predicted molar refractivity (Wildman–Crippen MR) is 192 cm³/mol. The van der Waals surface area contributed by atoms with Gasteiger partial charge in [0.1, 0.15) is 12.4 Å². The van der Waals surface area contributed by atoms with Gasteiger partial charge in [0.05, 0.1) is 35.6 Å². The lowest BCUT2D eigenvalue weighted by Crippen LogP contribution is -2.39. The lowest BCUT2D eigenvalue weighted by atomic mass is 9.95. The summed E-state index contributed by atoms with van der Waals surface area (Å²) >= 11 is 5.89. The summed E-state index contributed by atoms with van der Waals surface area (Å²) in [4.78, 5) is 32.3. The van der Waals surface area contributed by atoms with Crippen LogP contribution >= 0.6 is 56.5 Å². The molecule has 6 nitrogen and oxygen atoms in total. The third kappa shape index (κ3) is 6.14. The molecule has 1 atom stereocenters. The van der Waals surface area contributed by atoms with Gasteiger partial charge in [-0.2, -0.15) is 0 Å². The summed E-state index contributed by atoms with van der Waals surface area (Å²) in [6.07, 6.45) is 1.89. The van der Waals surface area contributed by atoms with Crippen molar-refractivity contribution in [3.05, 3.63) is 139 Å². The topological polar surface area (TPSA) is 69.9 Å². The first-order chi connectivity index (χ1) is 21.2. The van der Waals surface area contributed by atoms with E-state index in [-0.39, 0.29) is 12.2 Å². The number of halogens is 2. The van der Waals surface area contributed by atoms with E-state index in [9.17, 15) is 9.59 Å². The zero-order valence-electron chi connectivity index (χ0n) is 24.3. The van der Waals surface area contributed by atoms with Crippen LogP contribution in [0.1, 0.15) is 42.1 Å². The first-order valence-electron chi connectivity index (χ1n) is 14.1. The average Bonchev–Trinajstić information content (AvgIpc) is 3.30. The summed E-state index contributed by atoms with van der Waals surface area (Å²) in [6.45, 7) is 6.26. The minimum Gasteiger partial charge on any atom is -0.487 e. The largest absolute Gasteiger partial charge is 0.487 e. The van der Waals surface area contributed by atoms with E-state index in [1.54, 1.807) is 18.4 Å². The van der Waals surface area contributed by atoms with E-state index in [1.807, 2.05) is 61.5 Å². The van der Waals surface area contributed by atoms with Crippen molar-refractivity contribution in [2.24, 2.45) is 4.99 Å². The van der Waals surface area contributed by atoms with Crippen LogP contribution in [0, 0.1) is 14.1 Å². The van der Waals surface area contributed by atoms with E-state index >= 15 is 0 Å². The molecule has 4 aromatic carbocycles. The minimum absolute atomic E-state index is 0.199. The van der Waals surface area contributed by atoms with Crippen LogP contribution in [-0.2, 0) is 16.1 Å². The Morgan fingerprint density at radius 1 is 0.977 bits per heavy atom. The molecule has 0 amide bonds. The first-order valence-corrected chi connectivity index (χ1v) is 17.1. The zero-order chi connectivity index (χ0) is 31.0. The maximum absolute atomic E-state index is 14.0. The number of benzene rings is 4. The summed E-state index contributed by atoms with van der Waals surface area (Å²) in [7, 11) is 0. The van der Waals surface area contributed by atoms with Gasteiger partial charge in [-0.05, 0) is 118 Å². The van der Waals surface area contributed by atoms with Crippen molar-refractivity contribution in [1.29, 1.82) is 0 Å². The third-order valence-electron chi connectivity index (χ3n) is 7.43. The van der Waals surface area contributed by atoms with Gasteiger partial charge in [0.15, 0.2) is 4.80 Å². The van der Waals surface area contributed by atoms with Crippen molar-refractivity contribution in [2.75, 3.05) is 6.61 Å². The van der Waals surface area contributed by atoms with Crippen LogP contribution in [0.15, 0.2) is 99.9 Å². The van der Waals surface area contributed by atoms with Crippen LogP contribution in [-0.4, -0.2) is 17.1 Å². The lowest BCUT2D eigenvalue weighted by Gasteiger charge is -2.24. The second-order valence-electron chi connectivity index (χ2n) is 10.5. The molecule has 0 N–H and O–H groups in total. The van der Waals surface area contributed by atoms with Gasteiger partial charge < -0.3 is 9.47 Å². The summed E-state index contributed by atoms with van der Waals surface area (Å²) in [5.74, 6) is 0.351. The van der Waals surface area contributed by atoms with Crippen LogP contribution in [0.4, 0.5) is 0 Å². The number of carbonyl (C=O) groups is 1. The molecule has 0 fully saturated rings. The maximum atomic E-state index is 14.0. The highest BCUT2D eigenvalue weighted by Crippen LogP contribution is 2.32. The number of aryl methyl sites for hydroxylation is 1. The van der Waals surface area contributed by atoms with Gasteiger partial charge in [0.25, 0.3) is 5.56 Å². The first kappa shape index (κ1) is 30.7. The van der Waals surface area contributed by atoms with E-state index in [0.29, 0.717) is 27.2 Å². The summed E-state index contributed by atoms with van der Waals surface area (Å²) in [5.41, 5.74) is 4.64. The van der Waals surface area contributed by atoms with Gasteiger partial charge in [-0.1, -0.05) is 77.6 Å². The second kappa shape index (κ2) is 13.0. The van der Waals surface area contributed by atoms with E-state index in [2.05, 4.69) is 80.5 Å². The van der Waals surface area contributed by atoms with Gasteiger partial charge in [-0.25, -0.2) is 9.79 Å². The number of hydrogen-bond acceptors (Lipinski definition) is 6. The van der Waals surface area contributed by atoms with Crippen molar-refractivity contribution in [3.8, 4) is 5.75 Å². The molecule has 9 heteroatoms. The molecule has 2 heterocycles. The molecule has 6 rings (SSSR count). The molecule has 0 spiro atoms. The number of esters is 1. The van der Waals surface area contributed by atoms with Gasteiger partial charge in [0, 0.05) is 0 Å². The third-order valence-corrected chi connectivity index (χ3v) is 10.0. The summed E-state index contributed by atoms with van der Waals surface area (Å²) in [5, 5.41) is 2.39. The monoisotopic (exact) mass is 826 g/mol. The Bertz CT molecular complexity index is 2110. The Hall–Kier alpha value is -3.29. The van der Waals surface area contributed by atoms with Crippen molar-refractivity contribution in [1.82, 2.24) is 4.57 Å². The molecule has 0 radical (unpaired) electrons. The second-order valence-corrected chi connectivity index (χ2v) is 13.8. The Morgan fingerprint density at radius 2 is 1.68 bits per heavy atom. The zero-order valence-corrected chi connectivity index (χ0v) is 29.4. The molecule has 1 aromatic heterocycles. The number of aromatic nitrogens is 1. The molecule has 0 aliphatic carbocycles. The number of rotatable bonds is 7. The van der Waals surface area contributed by atoms with Crippen molar-refractivity contribution in [3.63, 3.8) is 0 Å². The van der Waals surface area contributed by atoms with Gasteiger partial charge in [-0.15, -0.1) is 0 Å². The molecular weight excluding hydrogens is 798 g/mol. The quantitative estimate of drug-likeness (QED) is 0.131. The van der Waals surface area contributed by atoms with Crippen LogP contribution in [0.25, 0.3) is 16.8 Å². The number of hydrogen-bond donors (Lipinski definition) is 0. The highest BCUT2D eigenvalue weighted by molar-refractivity contribution is 14.1. The van der Waals surface area contributed by atoms with E-state index < -0.39 is 12.0 Å². The number of ether oxygens (including phenoxy) is 2. The summed E-state index contributed by atoms with van der Waals surface area (Å²) in [6, 6.07) is 25.9. The molecule has 44 heavy (non-hydrogen) atoms. The smallest absolute Gasteiger partial charge is 0.338 e. The van der Waals surface area contributed by atoms with Crippen LogP contribution < -0.4 is 19.6 Å². The van der Waals surface area contributed by atoms with Crippen molar-refractivity contribution >= 4 is 79.3 Å². The number of carbonyl (C=O) groups excluding carboxylic acids is 1. The Kier molecular flexibility index (Phi) is 9.06. The number of allylic oxidation sites excluding steroid dienone is 1. The van der Waals surface area contributed by atoms with Crippen LogP contribution in [0.3, 0.4) is 0 Å². The molecule has 0 saturated carbocycles. The van der Waals surface area contributed by atoms with E-state index in [1.165, 1.54) is 22.1 Å². The molecule has 1 aliphatic heterocycles. The predicted octanol–water partition coefficient (Wildman–Crippen LogP) is 7.05. The standard InChI is InChI=1S/C35H28I2N2O4S/c1-4-42-34(41)30-21(3)38-35-39(31(30)25-12-9-20(2)10-13-25)33(40)29(44-35)18-23-16-27(36)32(28(37)17-23)43-19-22-11-14-24-7-5-6-8-26(24)15-22/h5-18,31H,4,19H2,1-3H3/b29-18+/t31-/m0/s1. The number of nitrogens with zero attached hydrogens (tertiary/aromatic N) is 2. The van der Waals surface area contributed by atoms with Gasteiger partial charge >= 0.3 is 5.97 Å². The molecule has 0 unspecified atom stereocenters. The Morgan fingerprint density at radius 3 is 2.39 bits per heavy atom. The minimum atomic E-state index is -0.626. The number of thiazole rings is 1. The van der Waals surface area contributed by atoms with Crippen LogP contribution in [0.5, 0.6) is 5.75 Å². The highest BCUT2D eigenvalue weighted by Gasteiger charge is 2.33. The lowest BCUT2D eigenvalue weighted by molar-refractivity contribution is -0.139. The fourth-order valence-electron chi connectivity index (χ4n) is 5.29. The van der Waals surface area contributed by atoms with Gasteiger partial charge in [0.2, 0.25) is 0 Å². The normalized spacial score (nSPS) is 14.8. The fraction of sp³-hybridized carbons (Fsp3) is 0.171. The number of fused-ring (bicyclic) bond motifs is 2. The molecule has 0 bridgehead atoms. The molecule has 5 aromatic rings. The maximum Gasteiger partial charge on any atom is 0.338 e. The SMILES string of the molecule is CCOC(=O)C1=C(C)N=c2s/c(=C/c3cc(I)c(OCc4ccc5ccccc5c4)c(I)c3)c(=O)n2[C@H]1c1ccc(C)cc1. The highest BCUT2D eigenvalue weighted by atomic mass is 127. The van der Waals surface area contributed by atoms with Crippen molar-refractivity contribution in [2.45, 2.75) is 33.4 Å². The Balaban J connectivity index is 1.35. The fourth-order valence-corrected chi connectivity index (χ4v) is 8.47. The van der Waals surface area contributed by atoms with Crippen molar-refractivity contribution < 1.29 is 14.3 Å². The van der Waals surface area contributed by atoms with Gasteiger partial charge in [-0.3, -0.25) is 9.36 Å². The Labute approximate surface area is 286 Å².